The summed E-state index contributed by atoms with van der Waals surface area (Å²) in [5.41, 5.74) is -2.46. The van der Waals surface area contributed by atoms with Crippen molar-refractivity contribution in [2.75, 3.05) is 0 Å². The van der Waals surface area contributed by atoms with Crippen molar-refractivity contribution < 1.29 is 17.6 Å². The lowest BCUT2D eigenvalue weighted by Gasteiger charge is -2.12. The summed E-state index contributed by atoms with van der Waals surface area (Å²) >= 11 is 0.895. The zero-order valence-electron chi connectivity index (χ0n) is 14.0. The van der Waals surface area contributed by atoms with Gasteiger partial charge in [-0.3, -0.25) is 18.8 Å². The first-order valence-corrected chi connectivity index (χ1v) is 8.95. The van der Waals surface area contributed by atoms with Gasteiger partial charge >= 0.3 is 11.0 Å². The molecule has 2 heterocycles. The van der Waals surface area contributed by atoms with E-state index in [-0.39, 0.29) is 10.4 Å². The molecule has 1 saturated carbocycles. The maximum atomic E-state index is 14.6. The number of fused-ring (bicyclic) bond motifs is 1. The van der Waals surface area contributed by atoms with Gasteiger partial charge in [0.25, 0.3) is 0 Å². The van der Waals surface area contributed by atoms with Crippen LogP contribution in [0.5, 0.6) is 0 Å². The highest BCUT2D eigenvalue weighted by Crippen LogP contribution is 2.33. The molecule has 0 spiro atoms. The van der Waals surface area contributed by atoms with Crippen LogP contribution >= 0.6 is 11.3 Å². The second-order valence-electron chi connectivity index (χ2n) is 6.59. The Balaban J connectivity index is 1.91. The average molecular weight is 399 g/mol. The van der Waals surface area contributed by atoms with E-state index < -0.39 is 28.8 Å². The maximum Gasteiger partial charge on any atom is 0.433 e. The van der Waals surface area contributed by atoms with Crippen LogP contribution in [0.3, 0.4) is 0 Å². The van der Waals surface area contributed by atoms with E-state index in [1.165, 1.54) is 10.6 Å². The lowest BCUT2D eigenvalue weighted by molar-refractivity contribution is -0.144. The van der Waals surface area contributed by atoms with Crippen molar-refractivity contribution in [3.05, 3.63) is 49.6 Å². The van der Waals surface area contributed by atoms with Crippen LogP contribution in [0.4, 0.5) is 17.6 Å². The van der Waals surface area contributed by atoms with Gasteiger partial charge in [-0.2, -0.15) is 18.3 Å². The molecule has 2 aromatic heterocycles. The minimum atomic E-state index is -4.75. The van der Waals surface area contributed by atoms with E-state index in [2.05, 4.69) is 5.10 Å². The van der Waals surface area contributed by atoms with Crippen molar-refractivity contribution in [2.45, 2.75) is 25.6 Å². The summed E-state index contributed by atoms with van der Waals surface area (Å²) in [4.78, 5) is 24.2. The van der Waals surface area contributed by atoms with Gasteiger partial charge in [-0.15, -0.1) is 0 Å². The van der Waals surface area contributed by atoms with Crippen LogP contribution in [0.15, 0.2) is 27.8 Å². The quantitative estimate of drug-likeness (QED) is 0.635. The van der Waals surface area contributed by atoms with Crippen molar-refractivity contribution in [3.63, 3.8) is 0 Å². The molecule has 27 heavy (non-hydrogen) atoms. The van der Waals surface area contributed by atoms with Gasteiger partial charge in [-0.1, -0.05) is 11.3 Å². The van der Waals surface area contributed by atoms with Crippen LogP contribution in [-0.2, 0) is 19.8 Å². The fourth-order valence-electron chi connectivity index (χ4n) is 2.99. The van der Waals surface area contributed by atoms with Gasteiger partial charge in [0.15, 0.2) is 0 Å². The van der Waals surface area contributed by atoms with Gasteiger partial charge in [0, 0.05) is 25.2 Å². The Morgan fingerprint density at radius 3 is 2.56 bits per heavy atom. The lowest BCUT2D eigenvalue weighted by atomic mass is 10.1. The van der Waals surface area contributed by atoms with Gasteiger partial charge in [0.1, 0.15) is 17.2 Å². The fraction of sp³-hybridized carbons (Fsp3) is 0.353. The summed E-state index contributed by atoms with van der Waals surface area (Å²) in [6, 6.07) is 2.84. The fourth-order valence-corrected chi connectivity index (χ4v) is 3.90. The standard InChI is InChI=1S/C17H13F4N3O2S/c1-23-14(17(19,20)21)6-12(25)15(22-23)9-4-11-13(5-10(9)18)27-16(26)24(11)7-8-2-3-8/h4-6,8H,2-3,7H2,1H3. The first-order chi connectivity index (χ1) is 12.6. The van der Waals surface area contributed by atoms with E-state index in [9.17, 15) is 27.2 Å². The topological polar surface area (TPSA) is 56.9 Å². The number of aromatic nitrogens is 3. The van der Waals surface area contributed by atoms with E-state index in [4.69, 9.17) is 0 Å². The van der Waals surface area contributed by atoms with Gasteiger partial charge in [-0.25, -0.2) is 4.39 Å². The zero-order chi connectivity index (χ0) is 19.5. The SMILES string of the molecule is Cn1nc(-c2cc3c(cc2F)sc(=O)n3CC2CC2)c(=O)cc1C(F)(F)F. The van der Waals surface area contributed by atoms with E-state index in [1.807, 2.05) is 0 Å². The first kappa shape index (κ1) is 17.9. The molecule has 1 aliphatic rings. The van der Waals surface area contributed by atoms with E-state index in [0.717, 1.165) is 37.3 Å². The minimum absolute atomic E-state index is 0.223. The predicted molar refractivity (Wildman–Crippen MR) is 92.2 cm³/mol. The largest absolute Gasteiger partial charge is 0.433 e. The van der Waals surface area contributed by atoms with Crippen LogP contribution in [0.1, 0.15) is 18.5 Å². The number of hydrogen-bond donors (Lipinski definition) is 0. The molecule has 142 valence electrons. The molecule has 0 amide bonds. The Bertz CT molecular complexity index is 1170. The lowest BCUT2D eigenvalue weighted by Crippen LogP contribution is -2.23. The molecule has 1 aliphatic carbocycles. The number of benzene rings is 1. The molecule has 1 aromatic carbocycles. The molecular weight excluding hydrogens is 386 g/mol. The van der Waals surface area contributed by atoms with E-state index in [1.54, 1.807) is 0 Å². The van der Waals surface area contributed by atoms with Crippen molar-refractivity contribution in [2.24, 2.45) is 13.0 Å². The summed E-state index contributed by atoms with van der Waals surface area (Å²) in [5.74, 6) is -0.419. The van der Waals surface area contributed by atoms with Crippen LogP contribution in [0, 0.1) is 11.7 Å². The minimum Gasteiger partial charge on any atom is -0.298 e. The highest BCUT2D eigenvalue weighted by atomic mass is 32.1. The molecule has 4 rings (SSSR count). The van der Waals surface area contributed by atoms with Gasteiger partial charge < -0.3 is 0 Å². The van der Waals surface area contributed by atoms with Crippen molar-refractivity contribution in [1.29, 1.82) is 0 Å². The number of alkyl halides is 3. The molecule has 0 saturated heterocycles. The summed E-state index contributed by atoms with van der Waals surface area (Å²) in [5, 5.41) is 3.65. The Labute approximate surface area is 153 Å². The summed E-state index contributed by atoms with van der Waals surface area (Å²) in [6.07, 6.45) is -2.72. The molecule has 5 nitrogen and oxygen atoms in total. The molecule has 0 aliphatic heterocycles. The second-order valence-corrected chi connectivity index (χ2v) is 7.58. The van der Waals surface area contributed by atoms with Crippen LogP contribution < -0.4 is 10.3 Å². The van der Waals surface area contributed by atoms with Gasteiger partial charge in [0.05, 0.1) is 10.2 Å². The highest BCUT2D eigenvalue weighted by molar-refractivity contribution is 7.16. The summed E-state index contributed by atoms with van der Waals surface area (Å²) in [6.45, 7) is 0.502. The van der Waals surface area contributed by atoms with Crippen LogP contribution in [0.2, 0.25) is 0 Å². The number of aryl methyl sites for hydroxylation is 1. The number of hydrogen-bond acceptors (Lipinski definition) is 4. The number of rotatable bonds is 3. The smallest absolute Gasteiger partial charge is 0.298 e. The third-order valence-electron chi connectivity index (χ3n) is 4.54. The van der Waals surface area contributed by atoms with Crippen molar-refractivity contribution in [3.8, 4) is 11.3 Å². The predicted octanol–water partition coefficient (Wildman–Crippen LogP) is 3.39. The maximum absolute atomic E-state index is 14.6. The van der Waals surface area contributed by atoms with E-state index >= 15 is 0 Å². The molecule has 0 radical (unpaired) electrons. The Kier molecular flexibility index (Phi) is 3.99. The molecule has 3 aromatic rings. The molecule has 0 bridgehead atoms. The summed E-state index contributed by atoms with van der Waals surface area (Å²) in [7, 11) is 1.04. The second kappa shape index (κ2) is 6.01. The monoisotopic (exact) mass is 399 g/mol. The van der Waals surface area contributed by atoms with E-state index in [0.29, 0.717) is 33.4 Å². The number of thiazole rings is 1. The summed E-state index contributed by atoms with van der Waals surface area (Å²) < 4.78 is 55.8. The third kappa shape index (κ3) is 3.18. The van der Waals surface area contributed by atoms with Crippen LogP contribution in [0.25, 0.3) is 21.5 Å². The van der Waals surface area contributed by atoms with Gasteiger partial charge in [0.2, 0.25) is 5.43 Å². The Morgan fingerprint density at radius 1 is 1.22 bits per heavy atom. The Morgan fingerprint density at radius 2 is 1.93 bits per heavy atom. The van der Waals surface area contributed by atoms with Crippen molar-refractivity contribution >= 4 is 21.6 Å². The molecule has 1 fully saturated rings. The molecule has 10 heteroatoms. The normalized spacial score (nSPS) is 14.9. The van der Waals surface area contributed by atoms with Crippen LogP contribution in [-0.4, -0.2) is 14.3 Å². The molecule has 0 N–H and O–H groups in total. The zero-order valence-corrected chi connectivity index (χ0v) is 14.8. The molecule has 0 unspecified atom stereocenters. The molecule has 0 atom stereocenters. The number of halogens is 4. The average Bonchev–Trinajstić information content (AvgIpc) is 3.33. The third-order valence-corrected chi connectivity index (χ3v) is 5.48. The highest BCUT2D eigenvalue weighted by Gasteiger charge is 2.35. The van der Waals surface area contributed by atoms with Gasteiger partial charge in [-0.05, 0) is 30.9 Å². The molecular formula is C17H13F4N3O2S. The Hall–Kier alpha value is -2.49. The van der Waals surface area contributed by atoms with Crippen molar-refractivity contribution in [1.82, 2.24) is 14.3 Å². The number of nitrogens with zero attached hydrogens (tertiary/aromatic N) is 3. The first-order valence-electron chi connectivity index (χ1n) is 8.14.